The fourth-order valence-electron chi connectivity index (χ4n) is 1.40. The summed E-state index contributed by atoms with van der Waals surface area (Å²) in [7, 11) is -3.34. The van der Waals surface area contributed by atoms with Gasteiger partial charge in [-0.1, -0.05) is 0 Å². The maximum Gasteiger partial charge on any atom is 0.209 e. The average molecular weight is 268 g/mol. The molecule has 0 saturated heterocycles. The predicted molar refractivity (Wildman–Crippen MR) is 68.5 cm³/mol. The Hall–Kier alpha value is -1.58. The fourth-order valence-corrected chi connectivity index (χ4v) is 2.00. The van der Waals surface area contributed by atoms with Crippen LogP contribution in [0.15, 0.2) is 24.3 Å². The van der Waals surface area contributed by atoms with Gasteiger partial charge in [0.05, 0.1) is 24.0 Å². The van der Waals surface area contributed by atoms with E-state index in [9.17, 15) is 8.42 Å². The SMILES string of the molecule is N#Cc1ccc(OCCCCCS(N)(=O)=O)cc1. The first-order valence-electron chi connectivity index (χ1n) is 5.65. The van der Waals surface area contributed by atoms with Crippen LogP contribution in [0.2, 0.25) is 0 Å². The number of nitrogens with zero attached hydrogens (tertiary/aromatic N) is 1. The van der Waals surface area contributed by atoms with Gasteiger partial charge in [-0.2, -0.15) is 5.26 Å². The molecule has 1 aromatic rings. The number of hydrogen-bond donors (Lipinski definition) is 1. The Balaban J connectivity index is 2.16. The van der Waals surface area contributed by atoms with E-state index in [2.05, 4.69) is 0 Å². The van der Waals surface area contributed by atoms with Gasteiger partial charge < -0.3 is 4.74 Å². The van der Waals surface area contributed by atoms with Gasteiger partial charge in [0.15, 0.2) is 0 Å². The van der Waals surface area contributed by atoms with E-state index < -0.39 is 10.0 Å². The maximum absolute atomic E-state index is 10.7. The number of unbranched alkanes of at least 4 members (excludes halogenated alkanes) is 2. The van der Waals surface area contributed by atoms with Crippen LogP contribution >= 0.6 is 0 Å². The molecule has 0 unspecified atom stereocenters. The van der Waals surface area contributed by atoms with Gasteiger partial charge in [0.25, 0.3) is 0 Å². The summed E-state index contributed by atoms with van der Waals surface area (Å²) in [4.78, 5) is 0. The lowest BCUT2D eigenvalue weighted by atomic mass is 10.2. The molecule has 0 spiro atoms. The van der Waals surface area contributed by atoms with Crippen LogP contribution in [0.3, 0.4) is 0 Å². The van der Waals surface area contributed by atoms with Crippen molar-refractivity contribution in [1.29, 1.82) is 5.26 Å². The molecule has 0 bridgehead atoms. The summed E-state index contributed by atoms with van der Waals surface area (Å²) in [5.74, 6) is 0.726. The molecule has 0 atom stereocenters. The average Bonchev–Trinajstić information content (AvgIpc) is 2.33. The number of nitrogens with two attached hydrogens (primary N) is 1. The highest BCUT2D eigenvalue weighted by atomic mass is 32.2. The molecule has 0 heterocycles. The third kappa shape index (κ3) is 6.23. The third-order valence-electron chi connectivity index (χ3n) is 2.33. The van der Waals surface area contributed by atoms with Gasteiger partial charge in [0.2, 0.25) is 10.0 Å². The Bertz CT molecular complexity index is 503. The second-order valence-corrected chi connectivity index (χ2v) is 5.65. The molecule has 0 saturated carbocycles. The number of benzene rings is 1. The van der Waals surface area contributed by atoms with Crippen LogP contribution in [0, 0.1) is 11.3 Å². The van der Waals surface area contributed by atoms with Gasteiger partial charge in [0.1, 0.15) is 5.75 Å². The quantitative estimate of drug-likeness (QED) is 0.756. The Morgan fingerprint density at radius 2 is 1.83 bits per heavy atom. The van der Waals surface area contributed by atoms with Crippen molar-refractivity contribution in [2.45, 2.75) is 19.3 Å². The van der Waals surface area contributed by atoms with E-state index in [1.807, 2.05) is 6.07 Å². The highest BCUT2D eigenvalue weighted by Gasteiger charge is 2.01. The number of sulfonamides is 1. The lowest BCUT2D eigenvalue weighted by molar-refractivity contribution is 0.306. The summed E-state index contributed by atoms with van der Waals surface area (Å²) in [6, 6.07) is 8.89. The summed E-state index contributed by atoms with van der Waals surface area (Å²) in [6.45, 7) is 0.524. The van der Waals surface area contributed by atoms with Gasteiger partial charge in [-0.3, -0.25) is 0 Å². The molecule has 0 aromatic heterocycles. The molecule has 0 radical (unpaired) electrons. The molecule has 1 aromatic carbocycles. The zero-order valence-corrected chi connectivity index (χ0v) is 10.8. The molecule has 0 fully saturated rings. The van der Waals surface area contributed by atoms with Crippen LogP contribution in [-0.2, 0) is 10.0 Å². The van der Waals surface area contributed by atoms with Crippen molar-refractivity contribution in [2.24, 2.45) is 5.14 Å². The summed E-state index contributed by atoms with van der Waals surface area (Å²) in [5, 5.41) is 13.5. The summed E-state index contributed by atoms with van der Waals surface area (Å²) in [5.41, 5.74) is 0.593. The van der Waals surface area contributed by atoms with Crippen LogP contribution in [0.5, 0.6) is 5.75 Å². The van der Waals surface area contributed by atoms with Crippen molar-refractivity contribution >= 4 is 10.0 Å². The Morgan fingerprint density at radius 1 is 1.17 bits per heavy atom. The van der Waals surface area contributed by atoms with Gasteiger partial charge in [0, 0.05) is 0 Å². The molecule has 6 heteroatoms. The smallest absolute Gasteiger partial charge is 0.209 e. The molecule has 0 aliphatic heterocycles. The van der Waals surface area contributed by atoms with Crippen LogP contribution in [-0.4, -0.2) is 20.8 Å². The van der Waals surface area contributed by atoms with E-state index in [1.165, 1.54) is 0 Å². The van der Waals surface area contributed by atoms with E-state index in [0.29, 0.717) is 24.3 Å². The summed E-state index contributed by atoms with van der Waals surface area (Å²) in [6.07, 6.45) is 2.08. The first-order valence-corrected chi connectivity index (χ1v) is 7.36. The fraction of sp³-hybridized carbons (Fsp3) is 0.417. The molecular weight excluding hydrogens is 252 g/mol. The second-order valence-electron chi connectivity index (χ2n) is 3.91. The second kappa shape index (κ2) is 6.99. The Kier molecular flexibility index (Phi) is 5.62. The lowest BCUT2D eigenvalue weighted by Gasteiger charge is -2.05. The number of primary sulfonamides is 1. The molecular formula is C12H16N2O3S. The van der Waals surface area contributed by atoms with Gasteiger partial charge in [-0.25, -0.2) is 13.6 Å². The molecule has 18 heavy (non-hydrogen) atoms. The largest absolute Gasteiger partial charge is 0.494 e. The van der Waals surface area contributed by atoms with Crippen molar-refractivity contribution < 1.29 is 13.2 Å². The first kappa shape index (κ1) is 14.5. The monoisotopic (exact) mass is 268 g/mol. The minimum atomic E-state index is -3.34. The van der Waals surface area contributed by atoms with E-state index in [-0.39, 0.29) is 5.75 Å². The minimum absolute atomic E-state index is 0.0177. The zero-order valence-electron chi connectivity index (χ0n) is 10.0. The normalized spacial score (nSPS) is 10.9. The van der Waals surface area contributed by atoms with Crippen molar-refractivity contribution in [2.75, 3.05) is 12.4 Å². The number of nitriles is 1. The zero-order chi connectivity index (χ0) is 13.4. The molecule has 0 aliphatic rings. The molecule has 1 rings (SSSR count). The Morgan fingerprint density at radius 3 is 2.39 bits per heavy atom. The number of rotatable bonds is 7. The number of ether oxygens (including phenoxy) is 1. The highest BCUT2D eigenvalue weighted by molar-refractivity contribution is 7.89. The van der Waals surface area contributed by atoms with Crippen LogP contribution < -0.4 is 9.88 Å². The Labute approximate surface area is 107 Å². The minimum Gasteiger partial charge on any atom is -0.494 e. The molecule has 0 amide bonds. The van der Waals surface area contributed by atoms with E-state index in [1.54, 1.807) is 24.3 Å². The van der Waals surface area contributed by atoms with Crippen molar-refractivity contribution in [1.82, 2.24) is 0 Å². The van der Waals surface area contributed by atoms with E-state index in [0.717, 1.165) is 12.8 Å². The van der Waals surface area contributed by atoms with Crippen LogP contribution in [0.4, 0.5) is 0 Å². The van der Waals surface area contributed by atoms with Gasteiger partial charge >= 0.3 is 0 Å². The molecule has 2 N–H and O–H groups in total. The highest BCUT2D eigenvalue weighted by Crippen LogP contribution is 2.12. The predicted octanol–water partition coefficient (Wildman–Crippen LogP) is 1.40. The van der Waals surface area contributed by atoms with E-state index >= 15 is 0 Å². The maximum atomic E-state index is 10.7. The van der Waals surface area contributed by atoms with Crippen LogP contribution in [0.25, 0.3) is 0 Å². The van der Waals surface area contributed by atoms with E-state index in [4.69, 9.17) is 15.1 Å². The van der Waals surface area contributed by atoms with Crippen molar-refractivity contribution in [3.05, 3.63) is 29.8 Å². The molecule has 5 nitrogen and oxygen atoms in total. The first-order chi connectivity index (χ1) is 8.51. The van der Waals surface area contributed by atoms with Crippen molar-refractivity contribution in [3.8, 4) is 11.8 Å². The van der Waals surface area contributed by atoms with Crippen molar-refractivity contribution in [3.63, 3.8) is 0 Å². The summed E-state index contributed by atoms with van der Waals surface area (Å²) < 4.78 is 26.8. The molecule has 0 aliphatic carbocycles. The topological polar surface area (TPSA) is 93.2 Å². The summed E-state index contributed by atoms with van der Waals surface area (Å²) >= 11 is 0. The molecule has 98 valence electrons. The van der Waals surface area contributed by atoms with Gasteiger partial charge in [-0.15, -0.1) is 0 Å². The third-order valence-corrected chi connectivity index (χ3v) is 3.18. The lowest BCUT2D eigenvalue weighted by Crippen LogP contribution is -2.16. The van der Waals surface area contributed by atoms with Gasteiger partial charge in [-0.05, 0) is 43.5 Å². The standard InChI is InChI=1S/C12H16N2O3S/c13-10-11-4-6-12(7-5-11)17-8-2-1-3-9-18(14,15)16/h4-7H,1-3,8-9H2,(H2,14,15,16). The number of hydrogen-bond acceptors (Lipinski definition) is 4. The van der Waals surface area contributed by atoms with Crippen LogP contribution in [0.1, 0.15) is 24.8 Å².